The highest BCUT2D eigenvalue weighted by Gasteiger charge is 2.00. The van der Waals surface area contributed by atoms with E-state index in [1.807, 2.05) is 58.0 Å². The van der Waals surface area contributed by atoms with Crippen molar-refractivity contribution in [1.29, 1.82) is 0 Å². The highest BCUT2D eigenvalue weighted by molar-refractivity contribution is 5.18. The number of nitrogens with two attached hydrogens (primary N) is 1. The van der Waals surface area contributed by atoms with Crippen LogP contribution in [0.1, 0.15) is 39.3 Å². The Morgan fingerprint density at radius 1 is 1.07 bits per heavy atom. The fourth-order valence-corrected chi connectivity index (χ4v) is 0.806. The van der Waals surface area contributed by atoms with E-state index in [1.54, 1.807) is 0 Å². The largest absolute Gasteiger partial charge is 0.394 e. The van der Waals surface area contributed by atoms with Crippen molar-refractivity contribution in [2.75, 3.05) is 6.61 Å². The van der Waals surface area contributed by atoms with Gasteiger partial charge in [-0.2, -0.15) is 0 Å². The van der Waals surface area contributed by atoms with Gasteiger partial charge in [-0.25, -0.2) is 0 Å². The molecule has 0 radical (unpaired) electrons. The normalized spacial score (nSPS) is 10.1. The van der Waals surface area contributed by atoms with Gasteiger partial charge in [0.25, 0.3) is 0 Å². The lowest BCUT2D eigenvalue weighted by molar-refractivity contribution is 0.268. The third-order valence-electron chi connectivity index (χ3n) is 1.42. The van der Waals surface area contributed by atoms with Crippen LogP contribution in [0.15, 0.2) is 30.3 Å². The summed E-state index contributed by atoms with van der Waals surface area (Å²) in [5.74, 6) is 0. The van der Waals surface area contributed by atoms with Crippen molar-refractivity contribution in [2.45, 2.75) is 33.7 Å². The Balaban J connectivity index is 0. The molecule has 1 aromatic rings. The zero-order valence-corrected chi connectivity index (χ0v) is 9.70. The van der Waals surface area contributed by atoms with Gasteiger partial charge in [0.1, 0.15) is 0 Å². The number of rotatable bonds is 2. The molecule has 2 nitrogen and oxygen atoms in total. The summed E-state index contributed by atoms with van der Waals surface area (Å²) in [5.41, 5.74) is 6.52. The highest BCUT2D eigenvalue weighted by atomic mass is 16.3. The Kier molecular flexibility index (Phi) is 13.5. The van der Waals surface area contributed by atoms with Crippen LogP contribution in [-0.2, 0) is 0 Å². The van der Waals surface area contributed by atoms with Gasteiger partial charge in [-0.3, -0.25) is 0 Å². The molecule has 0 heterocycles. The first kappa shape index (κ1) is 15.6. The van der Waals surface area contributed by atoms with E-state index in [-0.39, 0.29) is 12.6 Å². The predicted octanol–water partition coefficient (Wildman–Crippen LogP) is 2.73. The van der Waals surface area contributed by atoms with Gasteiger partial charge in [-0.1, -0.05) is 58.0 Å². The van der Waals surface area contributed by atoms with E-state index in [0.29, 0.717) is 0 Å². The molecular formula is C12H23NO. The van der Waals surface area contributed by atoms with E-state index < -0.39 is 0 Å². The average Bonchev–Trinajstić information content (AvgIpc) is 2.34. The second-order valence-corrected chi connectivity index (χ2v) is 2.20. The van der Waals surface area contributed by atoms with Gasteiger partial charge >= 0.3 is 0 Å². The SMILES string of the molecule is CC.CC.NC(CO)c1ccccc1. The maximum absolute atomic E-state index is 8.66. The molecule has 0 aliphatic rings. The van der Waals surface area contributed by atoms with E-state index in [9.17, 15) is 0 Å². The van der Waals surface area contributed by atoms with Crippen LogP contribution in [0.3, 0.4) is 0 Å². The molecule has 0 fully saturated rings. The minimum Gasteiger partial charge on any atom is -0.394 e. The second kappa shape index (κ2) is 12.1. The average molecular weight is 197 g/mol. The van der Waals surface area contributed by atoms with Gasteiger partial charge in [-0.15, -0.1) is 0 Å². The minimum atomic E-state index is -0.235. The van der Waals surface area contributed by atoms with Gasteiger partial charge in [0.2, 0.25) is 0 Å². The van der Waals surface area contributed by atoms with Gasteiger partial charge in [0.05, 0.1) is 12.6 Å². The standard InChI is InChI=1S/C8H11NO.2C2H6/c9-8(6-10)7-4-2-1-3-5-7;2*1-2/h1-5,8,10H,6,9H2;2*1-2H3. The molecule has 2 heteroatoms. The lowest BCUT2D eigenvalue weighted by atomic mass is 10.1. The molecule has 82 valence electrons. The third kappa shape index (κ3) is 6.63. The van der Waals surface area contributed by atoms with Gasteiger partial charge in [0, 0.05) is 0 Å². The van der Waals surface area contributed by atoms with Crippen molar-refractivity contribution in [3.05, 3.63) is 35.9 Å². The molecule has 0 saturated carbocycles. The number of aliphatic hydroxyl groups excluding tert-OH is 1. The Bertz CT molecular complexity index is 187. The molecule has 3 N–H and O–H groups in total. The third-order valence-corrected chi connectivity index (χ3v) is 1.42. The topological polar surface area (TPSA) is 46.2 Å². The minimum absolute atomic E-state index is 0.00398. The highest BCUT2D eigenvalue weighted by Crippen LogP contribution is 2.06. The molecule has 0 spiro atoms. The fraction of sp³-hybridized carbons (Fsp3) is 0.500. The van der Waals surface area contributed by atoms with Gasteiger partial charge in [0.15, 0.2) is 0 Å². The Morgan fingerprint density at radius 2 is 1.50 bits per heavy atom. The van der Waals surface area contributed by atoms with E-state index in [4.69, 9.17) is 10.8 Å². The van der Waals surface area contributed by atoms with Crippen molar-refractivity contribution in [1.82, 2.24) is 0 Å². The molecule has 0 aromatic heterocycles. The van der Waals surface area contributed by atoms with Crippen molar-refractivity contribution in [3.8, 4) is 0 Å². The quantitative estimate of drug-likeness (QED) is 0.765. The molecule has 14 heavy (non-hydrogen) atoms. The maximum Gasteiger partial charge on any atom is 0.0624 e. The molecule has 0 bridgehead atoms. The molecule has 1 atom stereocenters. The first-order valence-corrected chi connectivity index (χ1v) is 5.26. The predicted molar refractivity (Wildman–Crippen MR) is 63.2 cm³/mol. The van der Waals surface area contributed by atoms with Crippen molar-refractivity contribution in [3.63, 3.8) is 0 Å². The van der Waals surface area contributed by atoms with Crippen molar-refractivity contribution >= 4 is 0 Å². The molecular weight excluding hydrogens is 174 g/mol. The van der Waals surface area contributed by atoms with Gasteiger partial charge in [-0.05, 0) is 5.56 Å². The summed E-state index contributed by atoms with van der Waals surface area (Å²) < 4.78 is 0. The molecule has 0 amide bonds. The van der Waals surface area contributed by atoms with Crippen LogP contribution >= 0.6 is 0 Å². The first-order valence-electron chi connectivity index (χ1n) is 5.26. The van der Waals surface area contributed by atoms with E-state index in [2.05, 4.69) is 0 Å². The maximum atomic E-state index is 8.66. The lowest BCUT2D eigenvalue weighted by Gasteiger charge is -2.06. The number of benzene rings is 1. The van der Waals surface area contributed by atoms with Crippen LogP contribution in [0.25, 0.3) is 0 Å². The van der Waals surface area contributed by atoms with Crippen molar-refractivity contribution < 1.29 is 5.11 Å². The Labute approximate surface area is 87.8 Å². The van der Waals surface area contributed by atoms with Crippen LogP contribution in [0.4, 0.5) is 0 Å². The van der Waals surface area contributed by atoms with E-state index in [1.165, 1.54) is 0 Å². The molecule has 0 aliphatic heterocycles. The zero-order chi connectivity index (χ0) is 11.4. The van der Waals surface area contributed by atoms with Crippen LogP contribution in [-0.4, -0.2) is 11.7 Å². The van der Waals surface area contributed by atoms with Crippen molar-refractivity contribution in [2.24, 2.45) is 5.73 Å². The van der Waals surface area contributed by atoms with E-state index >= 15 is 0 Å². The molecule has 1 aromatic carbocycles. The summed E-state index contributed by atoms with van der Waals surface area (Å²) in [7, 11) is 0. The van der Waals surface area contributed by atoms with Crippen LogP contribution < -0.4 is 5.73 Å². The summed E-state index contributed by atoms with van der Waals surface area (Å²) in [6.07, 6.45) is 0. The molecule has 0 saturated heterocycles. The van der Waals surface area contributed by atoms with Crippen LogP contribution in [0.2, 0.25) is 0 Å². The summed E-state index contributed by atoms with van der Waals surface area (Å²) in [6, 6.07) is 9.31. The molecule has 0 aliphatic carbocycles. The van der Waals surface area contributed by atoms with Crippen LogP contribution in [0.5, 0.6) is 0 Å². The Morgan fingerprint density at radius 3 is 1.86 bits per heavy atom. The smallest absolute Gasteiger partial charge is 0.0624 e. The molecule has 1 unspecified atom stereocenters. The summed E-state index contributed by atoms with van der Waals surface area (Å²) in [4.78, 5) is 0. The number of aliphatic hydroxyl groups is 1. The lowest BCUT2D eigenvalue weighted by Crippen LogP contribution is -2.13. The van der Waals surface area contributed by atoms with E-state index in [0.717, 1.165) is 5.56 Å². The van der Waals surface area contributed by atoms with Gasteiger partial charge < -0.3 is 10.8 Å². The number of hydrogen-bond acceptors (Lipinski definition) is 2. The molecule has 1 rings (SSSR count). The second-order valence-electron chi connectivity index (χ2n) is 2.20. The summed E-state index contributed by atoms with van der Waals surface area (Å²) in [5, 5.41) is 8.66. The summed E-state index contributed by atoms with van der Waals surface area (Å²) >= 11 is 0. The van der Waals surface area contributed by atoms with Crippen LogP contribution in [0, 0.1) is 0 Å². The fourth-order valence-electron chi connectivity index (χ4n) is 0.806. The number of hydrogen-bond donors (Lipinski definition) is 2. The first-order chi connectivity index (χ1) is 6.84. The Hall–Kier alpha value is -0.860. The monoisotopic (exact) mass is 197 g/mol. The zero-order valence-electron chi connectivity index (χ0n) is 9.70. The summed E-state index contributed by atoms with van der Waals surface area (Å²) in [6.45, 7) is 8.00.